The van der Waals surface area contributed by atoms with Crippen molar-refractivity contribution in [3.63, 3.8) is 0 Å². The molecule has 8 heteroatoms. The third kappa shape index (κ3) is 6.13. The summed E-state index contributed by atoms with van der Waals surface area (Å²) in [6, 6.07) is 9.39. The SMILES string of the molecule is CN(Cc1c(C=O)cccc1SCc1ccc(CN2CCCCC2)o1)C1CCC(=O)NC1=O. The molecule has 0 radical (unpaired) electrons. The Morgan fingerprint density at radius 3 is 2.70 bits per heavy atom. The van der Waals surface area contributed by atoms with E-state index in [1.807, 2.05) is 30.1 Å². The van der Waals surface area contributed by atoms with Gasteiger partial charge in [-0.15, -0.1) is 11.8 Å². The number of likely N-dealkylation sites (N-methyl/N-ethyl adjacent to an activating group) is 1. The van der Waals surface area contributed by atoms with Gasteiger partial charge in [-0.2, -0.15) is 0 Å². The van der Waals surface area contributed by atoms with E-state index in [-0.39, 0.29) is 17.9 Å². The molecule has 1 N–H and O–H groups in total. The van der Waals surface area contributed by atoms with Gasteiger partial charge in [-0.05, 0) is 63.2 Å². The number of hydrogen-bond acceptors (Lipinski definition) is 7. The van der Waals surface area contributed by atoms with Gasteiger partial charge in [-0.1, -0.05) is 18.6 Å². The van der Waals surface area contributed by atoms with Crippen LogP contribution in [0.5, 0.6) is 0 Å². The maximum Gasteiger partial charge on any atom is 0.243 e. The molecule has 0 aliphatic carbocycles. The Balaban J connectivity index is 1.41. The van der Waals surface area contributed by atoms with Gasteiger partial charge in [0.1, 0.15) is 17.8 Å². The number of piperidine rings is 2. The number of furan rings is 1. The molecule has 33 heavy (non-hydrogen) atoms. The van der Waals surface area contributed by atoms with Crippen molar-refractivity contribution in [1.82, 2.24) is 15.1 Å². The number of nitrogens with one attached hydrogen (secondary N) is 1. The first-order valence-corrected chi connectivity index (χ1v) is 12.6. The van der Waals surface area contributed by atoms with E-state index in [4.69, 9.17) is 4.42 Å². The summed E-state index contributed by atoms with van der Waals surface area (Å²) in [6.45, 7) is 3.57. The summed E-state index contributed by atoms with van der Waals surface area (Å²) in [7, 11) is 1.86. The number of aldehydes is 1. The number of imide groups is 1. The van der Waals surface area contributed by atoms with Crippen LogP contribution in [0, 0.1) is 0 Å². The highest BCUT2D eigenvalue weighted by Crippen LogP contribution is 2.30. The molecular formula is C25H31N3O4S. The predicted octanol–water partition coefficient (Wildman–Crippen LogP) is 3.61. The van der Waals surface area contributed by atoms with Gasteiger partial charge in [0.2, 0.25) is 11.8 Å². The number of hydrogen-bond donors (Lipinski definition) is 1. The predicted molar refractivity (Wildman–Crippen MR) is 127 cm³/mol. The average molecular weight is 470 g/mol. The second-order valence-corrected chi connectivity index (χ2v) is 9.83. The van der Waals surface area contributed by atoms with Gasteiger partial charge in [-0.25, -0.2) is 0 Å². The fraction of sp³-hybridized carbons (Fsp3) is 0.480. The van der Waals surface area contributed by atoms with E-state index in [0.717, 1.165) is 47.9 Å². The van der Waals surface area contributed by atoms with E-state index in [9.17, 15) is 14.4 Å². The molecule has 1 atom stereocenters. The molecule has 2 amide bonds. The summed E-state index contributed by atoms with van der Waals surface area (Å²) in [6.07, 6.45) is 5.51. The standard InChI is InChI=1S/C25H31N3O4S/c1-27(22-10-11-24(30)26-25(22)31)15-21-18(16-29)6-5-7-23(21)33-17-20-9-8-19(32-20)14-28-12-3-2-4-13-28/h5-9,16,22H,2-4,10-15,17H2,1H3,(H,26,30,31). The minimum absolute atomic E-state index is 0.229. The third-order valence-electron chi connectivity index (χ3n) is 6.36. The molecular weight excluding hydrogens is 438 g/mol. The molecule has 1 aromatic heterocycles. The van der Waals surface area contributed by atoms with Crippen LogP contribution in [0.25, 0.3) is 0 Å². The average Bonchev–Trinajstić information content (AvgIpc) is 3.26. The molecule has 2 aliphatic heterocycles. The maximum atomic E-state index is 12.3. The van der Waals surface area contributed by atoms with Gasteiger partial charge in [0, 0.05) is 23.4 Å². The van der Waals surface area contributed by atoms with E-state index < -0.39 is 0 Å². The molecule has 0 bridgehead atoms. The molecule has 2 saturated heterocycles. The van der Waals surface area contributed by atoms with E-state index in [1.54, 1.807) is 17.8 Å². The maximum absolute atomic E-state index is 12.3. The quantitative estimate of drug-likeness (QED) is 0.341. The zero-order valence-electron chi connectivity index (χ0n) is 19.0. The lowest BCUT2D eigenvalue weighted by Gasteiger charge is -2.30. The van der Waals surface area contributed by atoms with Crippen LogP contribution in [0.15, 0.2) is 39.6 Å². The lowest BCUT2D eigenvalue weighted by atomic mass is 10.0. The largest absolute Gasteiger partial charge is 0.464 e. The van der Waals surface area contributed by atoms with Crippen molar-refractivity contribution >= 4 is 29.9 Å². The van der Waals surface area contributed by atoms with Crippen LogP contribution in [-0.4, -0.2) is 54.1 Å². The fourth-order valence-corrected chi connectivity index (χ4v) is 5.52. The normalized spacial score (nSPS) is 19.6. The number of benzene rings is 1. The molecule has 0 saturated carbocycles. The zero-order chi connectivity index (χ0) is 23.2. The Kier molecular flexibility index (Phi) is 8.01. The van der Waals surface area contributed by atoms with Gasteiger partial charge < -0.3 is 4.42 Å². The number of thioether (sulfide) groups is 1. The van der Waals surface area contributed by atoms with Crippen molar-refractivity contribution in [2.75, 3.05) is 20.1 Å². The Labute approximate surface area is 198 Å². The third-order valence-corrected chi connectivity index (χ3v) is 7.48. The summed E-state index contributed by atoms with van der Waals surface area (Å²) in [5.41, 5.74) is 1.51. The van der Waals surface area contributed by atoms with Gasteiger partial charge in [0.15, 0.2) is 0 Å². The Hall–Kier alpha value is -2.42. The molecule has 3 heterocycles. The number of carbonyl (C=O) groups excluding carboxylic acids is 3. The van der Waals surface area contributed by atoms with Gasteiger partial charge in [0.25, 0.3) is 0 Å². The number of nitrogens with zero attached hydrogens (tertiary/aromatic N) is 2. The molecule has 2 aliphatic rings. The number of carbonyl (C=O) groups is 3. The summed E-state index contributed by atoms with van der Waals surface area (Å²) < 4.78 is 6.08. The first kappa shape index (κ1) is 23.7. The van der Waals surface area contributed by atoms with Crippen LogP contribution in [-0.2, 0) is 28.4 Å². The van der Waals surface area contributed by atoms with E-state index >= 15 is 0 Å². The molecule has 7 nitrogen and oxygen atoms in total. The highest BCUT2D eigenvalue weighted by molar-refractivity contribution is 7.98. The molecule has 2 aromatic rings. The van der Waals surface area contributed by atoms with E-state index in [1.165, 1.54) is 19.3 Å². The van der Waals surface area contributed by atoms with Crippen molar-refractivity contribution in [3.8, 4) is 0 Å². The van der Waals surface area contributed by atoms with Crippen molar-refractivity contribution in [2.24, 2.45) is 0 Å². The van der Waals surface area contributed by atoms with Crippen LogP contribution in [0.2, 0.25) is 0 Å². The number of likely N-dealkylation sites (tertiary alicyclic amines) is 1. The van der Waals surface area contributed by atoms with Crippen LogP contribution in [0.1, 0.15) is 59.5 Å². The summed E-state index contributed by atoms with van der Waals surface area (Å²) in [5.74, 6) is 2.06. The Morgan fingerprint density at radius 2 is 1.94 bits per heavy atom. The lowest BCUT2D eigenvalue weighted by molar-refractivity contribution is -0.137. The van der Waals surface area contributed by atoms with Gasteiger partial charge in [0.05, 0.1) is 18.3 Å². The van der Waals surface area contributed by atoms with Crippen molar-refractivity contribution in [1.29, 1.82) is 0 Å². The summed E-state index contributed by atoms with van der Waals surface area (Å²) in [5, 5.41) is 2.41. The first-order valence-electron chi connectivity index (χ1n) is 11.6. The fourth-order valence-electron chi connectivity index (χ4n) is 4.53. The number of rotatable bonds is 9. The van der Waals surface area contributed by atoms with E-state index in [2.05, 4.69) is 16.3 Å². The Morgan fingerprint density at radius 1 is 1.15 bits per heavy atom. The zero-order valence-corrected chi connectivity index (χ0v) is 19.9. The van der Waals surface area contributed by atoms with Gasteiger partial charge >= 0.3 is 0 Å². The number of amides is 2. The molecule has 176 valence electrons. The van der Waals surface area contributed by atoms with Crippen molar-refractivity contribution in [2.45, 2.75) is 61.9 Å². The molecule has 4 rings (SSSR count). The highest BCUT2D eigenvalue weighted by Gasteiger charge is 2.30. The van der Waals surface area contributed by atoms with Crippen LogP contribution >= 0.6 is 11.8 Å². The topological polar surface area (TPSA) is 82.9 Å². The molecule has 1 aromatic carbocycles. The smallest absolute Gasteiger partial charge is 0.243 e. The second kappa shape index (κ2) is 11.1. The van der Waals surface area contributed by atoms with Crippen molar-refractivity contribution in [3.05, 3.63) is 53.0 Å². The van der Waals surface area contributed by atoms with E-state index in [0.29, 0.717) is 30.7 Å². The first-order chi connectivity index (χ1) is 16.0. The Bertz CT molecular complexity index is 999. The molecule has 0 spiro atoms. The monoisotopic (exact) mass is 469 g/mol. The summed E-state index contributed by atoms with van der Waals surface area (Å²) >= 11 is 1.63. The lowest BCUT2D eigenvalue weighted by Crippen LogP contribution is -2.51. The minimum Gasteiger partial charge on any atom is -0.464 e. The minimum atomic E-state index is -0.386. The van der Waals surface area contributed by atoms with Crippen LogP contribution < -0.4 is 5.32 Å². The van der Waals surface area contributed by atoms with Crippen LogP contribution in [0.3, 0.4) is 0 Å². The van der Waals surface area contributed by atoms with Crippen LogP contribution in [0.4, 0.5) is 0 Å². The highest BCUT2D eigenvalue weighted by atomic mass is 32.2. The molecule has 2 fully saturated rings. The second-order valence-electron chi connectivity index (χ2n) is 8.82. The summed E-state index contributed by atoms with van der Waals surface area (Å²) in [4.78, 5) is 40.8. The molecule has 1 unspecified atom stereocenters. The van der Waals surface area contributed by atoms with Crippen molar-refractivity contribution < 1.29 is 18.8 Å². The van der Waals surface area contributed by atoms with Gasteiger partial charge in [-0.3, -0.25) is 29.5 Å².